The molecule has 1 aromatic heterocycles. The van der Waals surface area contributed by atoms with Crippen molar-refractivity contribution in [2.75, 3.05) is 77.0 Å². The first-order valence-corrected chi connectivity index (χ1v) is 26.7. The molecule has 3 aromatic rings. The zero-order chi connectivity index (χ0) is 40.7. The molecule has 0 spiro atoms. The molecule has 58 heavy (non-hydrogen) atoms. The molecule has 0 saturated carbocycles. The maximum absolute atomic E-state index is 14.5. The Labute approximate surface area is 351 Å². The molecular weight excluding hydrogens is 763 g/mol. The lowest BCUT2D eigenvalue weighted by Crippen LogP contribution is -2.55. The third kappa shape index (κ3) is 12.3. The lowest BCUT2D eigenvalue weighted by Gasteiger charge is -2.46. The molecule has 4 heterocycles. The number of β-amino-alcohol motifs (C(OH)–C–C–N with tert-alkyl or cyclic N) is 1. The number of ether oxygens (including phenoxy) is 1. The van der Waals surface area contributed by atoms with Crippen molar-refractivity contribution in [2.24, 2.45) is 0 Å². The van der Waals surface area contributed by atoms with Crippen LogP contribution in [0.3, 0.4) is 0 Å². The minimum Gasteiger partial charge on any atom is -0.494 e. The predicted octanol–water partition coefficient (Wildman–Crippen LogP) is 6.74. The number of anilines is 1. The fourth-order valence-corrected chi connectivity index (χ4v) is 11.7. The number of unbranched alkanes of at least 4 members (excludes halogenated alkanes) is 11. The van der Waals surface area contributed by atoms with Crippen molar-refractivity contribution < 1.29 is 23.1 Å². The van der Waals surface area contributed by atoms with Gasteiger partial charge in [0, 0.05) is 69.5 Å². The van der Waals surface area contributed by atoms with Crippen molar-refractivity contribution in [2.45, 2.75) is 138 Å². The Morgan fingerprint density at radius 2 is 1.31 bits per heavy atom. The molecule has 0 amide bonds. The molecule has 0 radical (unpaired) electrons. The van der Waals surface area contributed by atoms with Crippen LogP contribution in [0.4, 0.5) is 5.69 Å². The Kier molecular flexibility index (Phi) is 17.7. The van der Waals surface area contributed by atoms with Gasteiger partial charge in [-0.15, -0.1) is 0 Å². The quantitative estimate of drug-likeness (QED) is 0.0835. The molecule has 1 unspecified atom stereocenters. The zero-order valence-electron chi connectivity index (χ0n) is 35.7. The van der Waals surface area contributed by atoms with Crippen LogP contribution in [-0.2, 0) is 9.84 Å². The van der Waals surface area contributed by atoms with Crippen LogP contribution >= 0.6 is 0 Å². The number of sulfone groups is 1. The van der Waals surface area contributed by atoms with E-state index in [1.807, 2.05) is 24.7 Å². The third-order valence-electron chi connectivity index (χ3n) is 13.1. The van der Waals surface area contributed by atoms with E-state index >= 15 is 0 Å². The summed E-state index contributed by atoms with van der Waals surface area (Å²) in [5.41, 5.74) is 1.46. The molecule has 6 rings (SSSR count). The van der Waals surface area contributed by atoms with Gasteiger partial charge in [-0.1, -0.05) is 83.6 Å². The Hall–Kier alpha value is -2.58. The van der Waals surface area contributed by atoms with Crippen molar-refractivity contribution in [3.05, 3.63) is 48.7 Å². The van der Waals surface area contributed by atoms with E-state index in [4.69, 9.17) is 4.74 Å². The van der Waals surface area contributed by atoms with Gasteiger partial charge in [0.2, 0.25) is 18.9 Å². The summed E-state index contributed by atoms with van der Waals surface area (Å²) in [6.45, 7) is 13.8. The Bertz CT molecular complexity index is 1770. The van der Waals surface area contributed by atoms with Gasteiger partial charge in [0.05, 0.1) is 29.3 Å². The lowest BCUT2D eigenvalue weighted by molar-refractivity contribution is 0.0396. The molecule has 2 N–H and O–H groups in total. The van der Waals surface area contributed by atoms with Crippen LogP contribution in [0.2, 0.25) is 6.55 Å². The summed E-state index contributed by atoms with van der Waals surface area (Å²) >= 11 is 0. The van der Waals surface area contributed by atoms with Gasteiger partial charge in [0.1, 0.15) is 10.6 Å². The molecule has 0 bridgehead atoms. The Balaban J connectivity index is 1.04. The second kappa shape index (κ2) is 22.9. The Morgan fingerprint density at radius 3 is 1.90 bits per heavy atom. The van der Waals surface area contributed by atoms with Crippen molar-refractivity contribution in [1.29, 1.82) is 0 Å². The molecular formula is C46H73N5O5SSi. The average Bonchev–Trinajstić information content (AvgIpc) is 3.25. The molecule has 3 aliphatic heterocycles. The molecule has 3 aliphatic rings. The van der Waals surface area contributed by atoms with Gasteiger partial charge in [0.25, 0.3) is 0 Å². The van der Waals surface area contributed by atoms with E-state index in [1.165, 1.54) is 77.0 Å². The molecule has 0 aliphatic carbocycles. The van der Waals surface area contributed by atoms with E-state index in [9.17, 15) is 18.3 Å². The summed E-state index contributed by atoms with van der Waals surface area (Å²) in [4.78, 5) is 25.8. The number of aliphatic hydroxyl groups is 1. The second-order valence-corrected chi connectivity index (χ2v) is 21.2. The van der Waals surface area contributed by atoms with Crippen LogP contribution in [0.15, 0.2) is 58.5 Å². The number of likely N-dealkylation sites (tertiary alicyclic amines) is 1. The minimum absolute atomic E-state index is 0.230. The first kappa shape index (κ1) is 45.0. The van der Waals surface area contributed by atoms with Crippen LogP contribution in [-0.4, -0.2) is 131 Å². The first-order chi connectivity index (χ1) is 28.3. The molecule has 1 atom stereocenters. The van der Waals surface area contributed by atoms with Crippen molar-refractivity contribution in [3.8, 4) is 5.75 Å². The highest BCUT2D eigenvalue weighted by atomic mass is 32.2. The summed E-state index contributed by atoms with van der Waals surface area (Å²) in [6.07, 6.45) is 21.4. The predicted molar refractivity (Wildman–Crippen MR) is 240 cm³/mol. The van der Waals surface area contributed by atoms with E-state index < -0.39 is 18.9 Å². The molecule has 3 saturated heterocycles. The van der Waals surface area contributed by atoms with Crippen LogP contribution in [0.25, 0.3) is 10.9 Å². The summed E-state index contributed by atoms with van der Waals surface area (Å²) in [5.74, 6) is 0.692. The van der Waals surface area contributed by atoms with E-state index in [0.717, 1.165) is 101 Å². The summed E-state index contributed by atoms with van der Waals surface area (Å²) in [6, 6.07) is 13.9. The average molecular weight is 836 g/mol. The second-order valence-electron chi connectivity index (χ2n) is 17.2. The normalized spacial score (nSPS) is 18.9. The van der Waals surface area contributed by atoms with Gasteiger partial charge in [-0.2, -0.15) is 0 Å². The largest absolute Gasteiger partial charge is 0.494 e. The number of hydrogen-bond donors (Lipinski definition) is 2. The topological polar surface area (TPSA) is 110 Å². The third-order valence-corrected chi connectivity index (χ3v) is 16.2. The standard InChI is InChI=1S/C46H73N5O5SSi/c1-3-4-5-6-7-8-9-10-11-12-13-14-35-56-40-15-17-41(18-16-40)57(53,54)45-37-47-44-20-19-42(58(2)55)36-43(44)46(45)51-27-23-38(24-28-51)49-25-21-39(22-26-49)50-31-29-48(30-32-50)33-34-52/h15-20,36-39,52,55,58H,3-14,21-35H2,1-2H3. The number of rotatable bonds is 22. The van der Waals surface area contributed by atoms with Crippen molar-refractivity contribution in [3.63, 3.8) is 0 Å². The first-order valence-electron chi connectivity index (χ1n) is 22.9. The zero-order valence-corrected chi connectivity index (χ0v) is 37.7. The number of fused-ring (bicyclic) bond motifs is 1. The van der Waals surface area contributed by atoms with Gasteiger partial charge < -0.3 is 24.4 Å². The molecule has 322 valence electrons. The van der Waals surface area contributed by atoms with E-state index in [0.29, 0.717) is 30.1 Å². The van der Waals surface area contributed by atoms with Gasteiger partial charge in [-0.05, 0) is 93.3 Å². The van der Waals surface area contributed by atoms with Gasteiger partial charge in [-0.25, -0.2) is 8.42 Å². The number of nitrogens with zero attached hydrogens (tertiary/aromatic N) is 5. The summed E-state index contributed by atoms with van der Waals surface area (Å²) in [7, 11) is -6.04. The number of pyridine rings is 1. The summed E-state index contributed by atoms with van der Waals surface area (Å²) < 4.78 is 35.1. The highest BCUT2D eigenvalue weighted by Crippen LogP contribution is 2.38. The number of aliphatic hydroxyl groups excluding tert-OH is 1. The number of hydrogen-bond acceptors (Lipinski definition) is 10. The van der Waals surface area contributed by atoms with E-state index in [1.54, 1.807) is 30.5 Å². The number of piperazine rings is 1. The number of aromatic nitrogens is 1. The lowest BCUT2D eigenvalue weighted by atomic mass is 9.96. The highest BCUT2D eigenvalue weighted by Gasteiger charge is 2.34. The molecule has 2 aromatic carbocycles. The number of benzene rings is 2. The van der Waals surface area contributed by atoms with Crippen molar-refractivity contribution in [1.82, 2.24) is 19.7 Å². The minimum atomic E-state index is -3.91. The van der Waals surface area contributed by atoms with Gasteiger partial charge in [0.15, 0.2) is 0 Å². The van der Waals surface area contributed by atoms with Crippen LogP contribution in [0.1, 0.15) is 110 Å². The van der Waals surface area contributed by atoms with Crippen LogP contribution in [0.5, 0.6) is 5.75 Å². The Morgan fingerprint density at radius 1 is 0.741 bits per heavy atom. The maximum atomic E-state index is 14.5. The van der Waals surface area contributed by atoms with Crippen LogP contribution in [0, 0.1) is 0 Å². The smallest absolute Gasteiger partial charge is 0.210 e. The highest BCUT2D eigenvalue weighted by molar-refractivity contribution is 7.91. The van der Waals surface area contributed by atoms with E-state index in [-0.39, 0.29) is 16.4 Å². The van der Waals surface area contributed by atoms with Gasteiger partial charge in [-0.3, -0.25) is 14.8 Å². The molecule has 10 nitrogen and oxygen atoms in total. The fraction of sp³-hybridized carbons (Fsp3) is 0.674. The number of piperidine rings is 2. The van der Waals surface area contributed by atoms with E-state index in [2.05, 4.69) is 31.5 Å². The molecule has 3 fully saturated rings. The van der Waals surface area contributed by atoms with Crippen molar-refractivity contribution >= 4 is 40.7 Å². The van der Waals surface area contributed by atoms with Gasteiger partial charge >= 0.3 is 0 Å². The maximum Gasteiger partial charge on any atom is 0.210 e. The molecule has 12 heteroatoms. The fourth-order valence-electron chi connectivity index (χ4n) is 9.50. The van der Waals surface area contributed by atoms with Crippen LogP contribution < -0.4 is 14.8 Å². The SMILES string of the molecule is CCCCCCCCCCCCCCOc1ccc(S(=O)(=O)c2cnc3ccc([SiH](C)O)cc3c2N2CCC(N3CCC(N4CCN(CCO)CC4)CC3)CC2)cc1. The monoisotopic (exact) mass is 836 g/mol. The summed E-state index contributed by atoms with van der Waals surface area (Å²) in [5, 5.41) is 11.0.